The molecular weight excluding hydrogens is 144 g/mol. The molecule has 11 heavy (non-hydrogen) atoms. The number of carbonyl (C=O) groups is 1. The third-order valence-corrected chi connectivity index (χ3v) is 1.92. The van der Waals surface area contributed by atoms with Crippen LogP contribution in [-0.4, -0.2) is 41.4 Å². The molecule has 4 heteroatoms. The fourth-order valence-corrected chi connectivity index (χ4v) is 1.05. The number of hydrogen-bond donors (Lipinski definition) is 1. The predicted molar refractivity (Wildman–Crippen MR) is 41.8 cm³/mol. The molecule has 0 aliphatic carbocycles. The summed E-state index contributed by atoms with van der Waals surface area (Å²) < 4.78 is 0. The van der Waals surface area contributed by atoms with E-state index in [9.17, 15) is 4.79 Å². The van der Waals surface area contributed by atoms with Gasteiger partial charge < -0.3 is 10.0 Å². The summed E-state index contributed by atoms with van der Waals surface area (Å²) in [5, 5.41) is 8.62. The van der Waals surface area contributed by atoms with Gasteiger partial charge in [-0.05, 0) is 13.3 Å². The number of amidine groups is 1. The Morgan fingerprint density at radius 1 is 1.82 bits per heavy atom. The molecule has 62 valence electrons. The highest BCUT2D eigenvalue weighted by Crippen LogP contribution is 2.07. The molecule has 0 spiro atoms. The van der Waals surface area contributed by atoms with Gasteiger partial charge in [-0.25, -0.2) is 4.79 Å². The summed E-state index contributed by atoms with van der Waals surface area (Å²) in [6.07, 6.45) is 0.614. The van der Waals surface area contributed by atoms with E-state index in [-0.39, 0.29) is 0 Å². The molecule has 1 aliphatic rings. The van der Waals surface area contributed by atoms with Crippen LogP contribution in [0.4, 0.5) is 0 Å². The maximum atomic E-state index is 10.5. The molecule has 4 nitrogen and oxygen atoms in total. The number of nitrogens with zero attached hydrogens (tertiary/aromatic N) is 2. The van der Waals surface area contributed by atoms with Crippen molar-refractivity contribution >= 4 is 11.8 Å². The lowest BCUT2D eigenvalue weighted by molar-refractivity contribution is -0.138. The van der Waals surface area contributed by atoms with Crippen molar-refractivity contribution in [2.45, 2.75) is 19.4 Å². The first-order chi connectivity index (χ1) is 5.11. The molecule has 0 aromatic rings. The van der Waals surface area contributed by atoms with Crippen LogP contribution in [-0.2, 0) is 4.79 Å². The molecular formula is C7H12N2O2. The van der Waals surface area contributed by atoms with Crippen molar-refractivity contribution in [3.05, 3.63) is 0 Å². The Kier molecular flexibility index (Phi) is 2.12. The van der Waals surface area contributed by atoms with E-state index in [1.807, 2.05) is 18.9 Å². The molecule has 0 fully saturated rings. The van der Waals surface area contributed by atoms with Crippen molar-refractivity contribution in [3.63, 3.8) is 0 Å². The van der Waals surface area contributed by atoms with Gasteiger partial charge in [0.05, 0.1) is 5.84 Å². The van der Waals surface area contributed by atoms with E-state index in [1.165, 1.54) is 0 Å². The fourth-order valence-electron chi connectivity index (χ4n) is 1.05. The van der Waals surface area contributed by atoms with Crippen molar-refractivity contribution in [2.24, 2.45) is 4.99 Å². The summed E-state index contributed by atoms with van der Waals surface area (Å²) in [4.78, 5) is 16.4. The van der Waals surface area contributed by atoms with Crippen molar-refractivity contribution in [1.29, 1.82) is 0 Å². The van der Waals surface area contributed by atoms with Crippen LogP contribution >= 0.6 is 0 Å². The maximum absolute atomic E-state index is 10.5. The summed E-state index contributed by atoms with van der Waals surface area (Å²) in [5.74, 6) is -0.0129. The Balaban J connectivity index is 2.69. The second-order valence-electron chi connectivity index (χ2n) is 2.74. The monoisotopic (exact) mass is 156 g/mol. The van der Waals surface area contributed by atoms with Crippen LogP contribution in [0.3, 0.4) is 0 Å². The number of aliphatic carboxylic acids is 1. The van der Waals surface area contributed by atoms with Gasteiger partial charge in [0.25, 0.3) is 0 Å². The molecule has 0 bridgehead atoms. The second-order valence-corrected chi connectivity index (χ2v) is 2.74. The molecule has 0 saturated heterocycles. The first-order valence-electron chi connectivity index (χ1n) is 3.59. The average molecular weight is 156 g/mol. The minimum Gasteiger partial charge on any atom is -0.480 e. The topological polar surface area (TPSA) is 52.9 Å². The van der Waals surface area contributed by atoms with Crippen LogP contribution in [0.1, 0.15) is 13.3 Å². The summed E-state index contributed by atoms with van der Waals surface area (Å²) in [6.45, 7) is 2.61. The van der Waals surface area contributed by atoms with E-state index in [2.05, 4.69) is 4.99 Å². The van der Waals surface area contributed by atoms with Gasteiger partial charge in [0.1, 0.15) is 0 Å². The van der Waals surface area contributed by atoms with E-state index in [1.54, 1.807) is 0 Å². The maximum Gasteiger partial charge on any atom is 0.328 e. The van der Waals surface area contributed by atoms with E-state index in [4.69, 9.17) is 5.11 Å². The third kappa shape index (κ3) is 1.69. The first kappa shape index (κ1) is 8.04. The molecule has 0 aromatic heterocycles. The number of rotatable bonds is 1. The van der Waals surface area contributed by atoms with Gasteiger partial charge in [0, 0.05) is 13.6 Å². The number of aliphatic imine (C=N–C) groups is 1. The minimum atomic E-state index is -0.822. The Bertz CT molecular complexity index is 201. The van der Waals surface area contributed by atoms with Gasteiger partial charge in [-0.15, -0.1) is 0 Å². The van der Waals surface area contributed by atoms with Crippen molar-refractivity contribution in [2.75, 3.05) is 13.6 Å². The Morgan fingerprint density at radius 3 is 2.91 bits per heavy atom. The SMILES string of the molecule is CC1=NC(C(=O)O)CCN1C. The molecule has 0 radical (unpaired) electrons. The van der Waals surface area contributed by atoms with E-state index < -0.39 is 12.0 Å². The molecule has 1 rings (SSSR count). The van der Waals surface area contributed by atoms with Crippen molar-refractivity contribution in [3.8, 4) is 0 Å². The lowest BCUT2D eigenvalue weighted by Gasteiger charge is -2.25. The quantitative estimate of drug-likeness (QED) is 0.589. The fraction of sp³-hybridized carbons (Fsp3) is 0.714. The Morgan fingerprint density at radius 2 is 2.45 bits per heavy atom. The van der Waals surface area contributed by atoms with Crippen molar-refractivity contribution < 1.29 is 9.90 Å². The van der Waals surface area contributed by atoms with Gasteiger partial charge in [-0.1, -0.05) is 0 Å². The van der Waals surface area contributed by atoms with E-state index in [0.717, 1.165) is 12.4 Å². The largest absolute Gasteiger partial charge is 0.480 e. The van der Waals surface area contributed by atoms with Crippen LogP contribution in [0.15, 0.2) is 4.99 Å². The van der Waals surface area contributed by atoms with E-state index >= 15 is 0 Å². The molecule has 1 aliphatic heterocycles. The zero-order valence-electron chi connectivity index (χ0n) is 6.74. The summed E-state index contributed by atoms with van der Waals surface area (Å²) in [6, 6.07) is -0.522. The highest BCUT2D eigenvalue weighted by Gasteiger charge is 2.21. The van der Waals surface area contributed by atoms with Crippen LogP contribution in [0.25, 0.3) is 0 Å². The van der Waals surface area contributed by atoms with Crippen LogP contribution < -0.4 is 0 Å². The van der Waals surface area contributed by atoms with Crippen LogP contribution in [0, 0.1) is 0 Å². The molecule has 1 heterocycles. The van der Waals surface area contributed by atoms with Gasteiger partial charge in [-0.3, -0.25) is 4.99 Å². The molecule has 0 amide bonds. The zero-order chi connectivity index (χ0) is 8.43. The summed E-state index contributed by atoms with van der Waals surface area (Å²) in [7, 11) is 1.91. The van der Waals surface area contributed by atoms with Crippen LogP contribution in [0.2, 0.25) is 0 Å². The predicted octanol–water partition coefficient (Wildman–Crippen LogP) is 0.194. The Labute approximate surface area is 65.5 Å². The number of carboxylic acid groups (broad SMARTS) is 1. The van der Waals surface area contributed by atoms with Gasteiger partial charge in [0.2, 0.25) is 0 Å². The standard InChI is InChI=1S/C7H12N2O2/c1-5-8-6(7(10)11)3-4-9(5)2/h6H,3-4H2,1-2H3,(H,10,11). The molecule has 0 saturated carbocycles. The van der Waals surface area contributed by atoms with Crippen molar-refractivity contribution in [1.82, 2.24) is 4.90 Å². The molecule has 1 N–H and O–H groups in total. The lowest BCUT2D eigenvalue weighted by Crippen LogP contribution is -2.36. The third-order valence-electron chi connectivity index (χ3n) is 1.92. The smallest absolute Gasteiger partial charge is 0.328 e. The van der Waals surface area contributed by atoms with Gasteiger partial charge >= 0.3 is 5.97 Å². The number of hydrogen-bond acceptors (Lipinski definition) is 3. The minimum absolute atomic E-state index is 0.522. The summed E-state index contributed by atoms with van der Waals surface area (Å²) in [5.41, 5.74) is 0. The molecule has 1 atom stereocenters. The molecule has 1 unspecified atom stereocenters. The normalized spacial score (nSPS) is 24.7. The van der Waals surface area contributed by atoms with E-state index in [0.29, 0.717) is 6.42 Å². The van der Waals surface area contributed by atoms with Crippen LogP contribution in [0.5, 0.6) is 0 Å². The first-order valence-corrected chi connectivity index (χ1v) is 3.59. The zero-order valence-corrected chi connectivity index (χ0v) is 6.74. The highest BCUT2D eigenvalue weighted by molar-refractivity contribution is 5.85. The second kappa shape index (κ2) is 2.90. The Hall–Kier alpha value is -1.06. The average Bonchev–Trinajstić information content (AvgIpc) is 1.94. The van der Waals surface area contributed by atoms with Gasteiger partial charge in [0.15, 0.2) is 6.04 Å². The molecule has 0 aromatic carbocycles. The lowest BCUT2D eigenvalue weighted by atomic mass is 10.2. The highest BCUT2D eigenvalue weighted by atomic mass is 16.4. The summed E-state index contributed by atoms with van der Waals surface area (Å²) >= 11 is 0. The van der Waals surface area contributed by atoms with Gasteiger partial charge in [-0.2, -0.15) is 0 Å². The number of carboxylic acids is 1.